The molecule has 1 spiro atoms. The average molecular weight is 594 g/mol. The molecule has 0 bridgehead atoms. The van der Waals surface area contributed by atoms with Crippen LogP contribution < -0.4 is 5.32 Å². The minimum Gasteiger partial charge on any atom is -0.325 e. The van der Waals surface area contributed by atoms with E-state index in [-0.39, 0.29) is 16.0 Å². The summed E-state index contributed by atoms with van der Waals surface area (Å²) >= 11 is 3.21. The lowest BCUT2D eigenvalue weighted by molar-refractivity contribution is -0.187. The molecule has 2 atom stereocenters. The monoisotopic (exact) mass is 593 g/mol. The highest BCUT2D eigenvalue weighted by Gasteiger charge is 2.60. The number of imide groups is 1. The second-order valence-corrected chi connectivity index (χ2v) is 11.5. The van der Waals surface area contributed by atoms with E-state index in [2.05, 4.69) is 21.2 Å². The van der Waals surface area contributed by atoms with E-state index < -0.39 is 70.9 Å². The first-order valence-electron chi connectivity index (χ1n) is 10.5. The number of nitrogens with one attached hydrogen (secondary N) is 1. The molecular weight excluding hydrogens is 574 g/mol. The number of urea groups is 1. The molecule has 36 heavy (non-hydrogen) atoms. The first-order chi connectivity index (χ1) is 16.7. The molecule has 8 nitrogen and oxygen atoms in total. The molecular formula is C22H20BrF4N3O5S. The van der Waals surface area contributed by atoms with E-state index in [1.54, 1.807) is 0 Å². The molecule has 0 aromatic heterocycles. The molecule has 2 aromatic carbocycles. The molecule has 0 radical (unpaired) electrons. The van der Waals surface area contributed by atoms with E-state index in [0.717, 1.165) is 19.1 Å². The molecule has 0 aliphatic carbocycles. The zero-order valence-electron chi connectivity index (χ0n) is 18.6. The largest absolute Gasteiger partial charge is 0.408 e. The molecule has 2 aliphatic rings. The standard InChI is InChI=1S/C22H20BrF4N3O5S/c1-12(22(25,26)27)29(9-13-2-5-15(24)6-3-13)18(31)10-30-19(32)21(28-20(30)33)11-36(34,35)17-8-14(23)4-7-16(17)21/h2-8,12,34-35H,9-11H2,1H3,(H,28,33)/t12-,21?/m0/s1. The van der Waals surface area contributed by atoms with Gasteiger partial charge in [-0.15, -0.1) is 0 Å². The first-order valence-corrected chi connectivity index (χ1v) is 13.0. The van der Waals surface area contributed by atoms with Gasteiger partial charge in [0, 0.05) is 16.6 Å². The molecule has 3 N–H and O–H groups in total. The lowest BCUT2D eigenvalue weighted by Crippen LogP contribution is -2.51. The predicted octanol–water partition coefficient (Wildman–Crippen LogP) is 4.44. The Labute approximate surface area is 212 Å². The number of carbonyl (C=O) groups is 3. The Morgan fingerprint density at radius 3 is 2.47 bits per heavy atom. The summed E-state index contributed by atoms with van der Waals surface area (Å²) in [6, 6.07) is 5.54. The lowest BCUT2D eigenvalue weighted by atomic mass is 9.92. The number of halogens is 5. The van der Waals surface area contributed by atoms with E-state index in [1.165, 1.54) is 30.3 Å². The molecule has 2 heterocycles. The van der Waals surface area contributed by atoms with Gasteiger partial charge in [-0.1, -0.05) is 34.1 Å². The Hall–Kier alpha value is -2.68. The van der Waals surface area contributed by atoms with Gasteiger partial charge < -0.3 is 10.2 Å². The van der Waals surface area contributed by atoms with E-state index in [4.69, 9.17) is 0 Å². The smallest absolute Gasteiger partial charge is 0.325 e. The summed E-state index contributed by atoms with van der Waals surface area (Å²) in [4.78, 5) is 40.1. The van der Waals surface area contributed by atoms with E-state index in [1.807, 2.05) is 0 Å². The van der Waals surface area contributed by atoms with Crippen molar-refractivity contribution >= 4 is 44.4 Å². The van der Waals surface area contributed by atoms with Gasteiger partial charge in [0.15, 0.2) is 5.54 Å². The minimum absolute atomic E-state index is 0.0438. The maximum absolute atomic E-state index is 13.5. The second kappa shape index (κ2) is 9.01. The SMILES string of the molecule is C[C@H](N(Cc1ccc(F)cc1)C(=O)CN1C(=O)NC2(CS(O)(O)c3cc(Br)ccc32)C1=O)C(F)(F)F. The summed E-state index contributed by atoms with van der Waals surface area (Å²) < 4.78 is 75.5. The van der Waals surface area contributed by atoms with Gasteiger partial charge in [-0.3, -0.25) is 23.6 Å². The third-order valence-corrected chi connectivity index (χ3v) is 8.54. The molecule has 194 valence electrons. The quantitative estimate of drug-likeness (QED) is 0.351. The van der Waals surface area contributed by atoms with Crippen molar-refractivity contribution in [3.63, 3.8) is 0 Å². The van der Waals surface area contributed by atoms with Crippen molar-refractivity contribution in [2.24, 2.45) is 0 Å². The van der Waals surface area contributed by atoms with Crippen molar-refractivity contribution in [3.05, 3.63) is 63.9 Å². The Morgan fingerprint density at radius 1 is 1.22 bits per heavy atom. The van der Waals surface area contributed by atoms with Crippen LogP contribution in [0.1, 0.15) is 18.1 Å². The maximum Gasteiger partial charge on any atom is 0.408 e. The first kappa shape index (κ1) is 26.4. The van der Waals surface area contributed by atoms with Crippen LogP contribution in [0.5, 0.6) is 0 Å². The summed E-state index contributed by atoms with van der Waals surface area (Å²) in [6.07, 6.45) is -4.82. The average Bonchev–Trinajstić information content (AvgIpc) is 3.15. The third-order valence-electron chi connectivity index (χ3n) is 6.17. The number of hydrogen-bond donors (Lipinski definition) is 3. The van der Waals surface area contributed by atoms with Crippen LogP contribution in [0.15, 0.2) is 51.8 Å². The van der Waals surface area contributed by atoms with Gasteiger partial charge in [-0.05, 0) is 36.8 Å². The highest BCUT2D eigenvalue weighted by molar-refractivity contribution is 9.10. The third kappa shape index (κ3) is 4.58. The normalized spacial score (nSPS) is 22.4. The van der Waals surface area contributed by atoms with Crippen LogP contribution >= 0.6 is 26.5 Å². The highest BCUT2D eigenvalue weighted by Crippen LogP contribution is 2.62. The molecule has 1 saturated heterocycles. The number of rotatable bonds is 5. The number of hydrogen-bond acceptors (Lipinski definition) is 5. The van der Waals surface area contributed by atoms with E-state index in [9.17, 15) is 41.1 Å². The van der Waals surface area contributed by atoms with Gasteiger partial charge in [0.2, 0.25) is 5.91 Å². The molecule has 0 saturated carbocycles. The summed E-state index contributed by atoms with van der Waals surface area (Å²) in [5, 5.41) is 2.41. The maximum atomic E-state index is 13.5. The van der Waals surface area contributed by atoms with Crippen LogP contribution in [0.4, 0.5) is 22.4 Å². The van der Waals surface area contributed by atoms with Crippen LogP contribution in [0, 0.1) is 5.82 Å². The van der Waals surface area contributed by atoms with Crippen molar-refractivity contribution in [2.75, 3.05) is 12.3 Å². The molecule has 1 unspecified atom stereocenters. The fraction of sp³-hybridized carbons (Fsp3) is 0.318. The number of amides is 4. The molecule has 1 fully saturated rings. The lowest BCUT2D eigenvalue weighted by Gasteiger charge is -2.32. The fourth-order valence-electron chi connectivity index (χ4n) is 4.26. The van der Waals surface area contributed by atoms with Crippen molar-refractivity contribution in [3.8, 4) is 0 Å². The van der Waals surface area contributed by atoms with Crippen molar-refractivity contribution in [2.45, 2.75) is 36.1 Å². The van der Waals surface area contributed by atoms with Gasteiger partial charge in [0.1, 0.15) is 18.4 Å². The highest BCUT2D eigenvalue weighted by atomic mass is 79.9. The Bertz CT molecular complexity index is 1240. The predicted molar refractivity (Wildman–Crippen MR) is 125 cm³/mol. The number of benzene rings is 2. The summed E-state index contributed by atoms with van der Waals surface area (Å²) in [6.45, 7) is -0.805. The second-order valence-electron chi connectivity index (χ2n) is 8.54. The molecule has 14 heteroatoms. The van der Waals surface area contributed by atoms with E-state index in [0.29, 0.717) is 14.3 Å². The Balaban J connectivity index is 1.63. The van der Waals surface area contributed by atoms with Crippen molar-refractivity contribution < 1.29 is 41.1 Å². The Kier molecular flexibility index (Phi) is 6.60. The van der Waals surface area contributed by atoms with Gasteiger partial charge in [-0.25, -0.2) is 9.18 Å². The molecule has 4 rings (SSSR count). The topological polar surface area (TPSA) is 110 Å². The summed E-state index contributed by atoms with van der Waals surface area (Å²) in [5.74, 6) is -3.34. The van der Waals surface area contributed by atoms with Gasteiger partial charge in [-0.2, -0.15) is 23.8 Å². The number of nitrogens with zero attached hydrogens (tertiary/aromatic N) is 2. The van der Waals surface area contributed by atoms with Crippen LogP contribution in [0.2, 0.25) is 0 Å². The van der Waals surface area contributed by atoms with Crippen molar-refractivity contribution in [1.29, 1.82) is 0 Å². The Morgan fingerprint density at radius 2 is 1.86 bits per heavy atom. The minimum atomic E-state index is -4.82. The molecule has 4 amide bonds. The molecule has 2 aliphatic heterocycles. The summed E-state index contributed by atoms with van der Waals surface area (Å²) in [5.41, 5.74) is -1.53. The number of carbonyl (C=O) groups excluding carboxylic acids is 3. The molecule has 2 aromatic rings. The number of fused-ring (bicyclic) bond motifs is 2. The van der Waals surface area contributed by atoms with Crippen LogP contribution in [0.3, 0.4) is 0 Å². The van der Waals surface area contributed by atoms with Crippen LogP contribution in [-0.2, 0) is 21.7 Å². The van der Waals surface area contributed by atoms with Gasteiger partial charge >= 0.3 is 12.2 Å². The zero-order valence-corrected chi connectivity index (χ0v) is 21.0. The van der Waals surface area contributed by atoms with Crippen LogP contribution in [0.25, 0.3) is 0 Å². The van der Waals surface area contributed by atoms with Gasteiger partial charge in [0.25, 0.3) is 5.91 Å². The van der Waals surface area contributed by atoms with Gasteiger partial charge in [0.05, 0.1) is 10.6 Å². The van der Waals surface area contributed by atoms with Crippen molar-refractivity contribution in [1.82, 2.24) is 15.1 Å². The van der Waals surface area contributed by atoms with Crippen LogP contribution in [-0.4, -0.2) is 61.3 Å². The fourth-order valence-corrected chi connectivity index (χ4v) is 6.79. The van der Waals surface area contributed by atoms with E-state index >= 15 is 0 Å². The summed E-state index contributed by atoms with van der Waals surface area (Å²) in [7, 11) is -3.49. The zero-order chi connectivity index (χ0) is 26.6. The number of alkyl halides is 3.